The summed E-state index contributed by atoms with van der Waals surface area (Å²) in [6, 6.07) is 0.415. The predicted molar refractivity (Wildman–Crippen MR) is 73.5 cm³/mol. The van der Waals surface area contributed by atoms with Crippen LogP contribution in [-0.4, -0.2) is 61.5 Å². The molecule has 18 heavy (non-hydrogen) atoms. The van der Waals surface area contributed by atoms with E-state index in [0.717, 1.165) is 58.4 Å². The first-order valence-electron chi connectivity index (χ1n) is 7.40. The van der Waals surface area contributed by atoms with Crippen molar-refractivity contribution < 1.29 is 4.79 Å². The molecule has 2 heterocycles. The molecule has 0 radical (unpaired) electrons. The van der Waals surface area contributed by atoms with Gasteiger partial charge in [0.2, 0.25) is 5.91 Å². The van der Waals surface area contributed by atoms with Gasteiger partial charge in [0.1, 0.15) is 0 Å². The molecule has 4 heteroatoms. The van der Waals surface area contributed by atoms with Crippen LogP contribution in [0.1, 0.15) is 32.6 Å². The van der Waals surface area contributed by atoms with Gasteiger partial charge in [-0.25, -0.2) is 0 Å². The molecule has 1 N–H and O–H groups in total. The highest BCUT2D eigenvalue weighted by Crippen LogP contribution is 2.18. The first-order valence-corrected chi connectivity index (χ1v) is 7.40. The topological polar surface area (TPSA) is 35.6 Å². The van der Waals surface area contributed by atoms with E-state index in [1.165, 1.54) is 0 Å². The van der Waals surface area contributed by atoms with Crippen molar-refractivity contribution in [1.29, 1.82) is 0 Å². The summed E-state index contributed by atoms with van der Waals surface area (Å²) in [7, 11) is 2.15. The molecule has 2 rings (SSSR count). The summed E-state index contributed by atoms with van der Waals surface area (Å²) < 4.78 is 0. The monoisotopic (exact) mass is 253 g/mol. The van der Waals surface area contributed by atoms with E-state index in [9.17, 15) is 4.79 Å². The number of hydrogen-bond acceptors (Lipinski definition) is 3. The van der Waals surface area contributed by atoms with Crippen LogP contribution in [0.25, 0.3) is 0 Å². The molecule has 0 aromatic carbocycles. The molecule has 0 aliphatic carbocycles. The molecule has 2 saturated heterocycles. The van der Waals surface area contributed by atoms with Gasteiger partial charge in [-0.05, 0) is 65.5 Å². The zero-order valence-electron chi connectivity index (χ0n) is 11.8. The summed E-state index contributed by atoms with van der Waals surface area (Å²) in [5.74, 6) is 0.563. The Balaban J connectivity index is 1.72. The van der Waals surface area contributed by atoms with Gasteiger partial charge in [0.05, 0.1) is 0 Å². The van der Waals surface area contributed by atoms with Crippen molar-refractivity contribution in [2.75, 3.05) is 39.8 Å². The van der Waals surface area contributed by atoms with Crippen LogP contribution >= 0.6 is 0 Å². The minimum Gasteiger partial charge on any atom is -0.353 e. The molecule has 0 aromatic heterocycles. The Kier molecular flexibility index (Phi) is 5.01. The molecule has 0 unspecified atom stereocenters. The van der Waals surface area contributed by atoms with Crippen molar-refractivity contribution in [1.82, 2.24) is 15.1 Å². The molecule has 0 saturated carbocycles. The summed E-state index contributed by atoms with van der Waals surface area (Å²) >= 11 is 0. The third-order valence-electron chi connectivity index (χ3n) is 4.47. The molecule has 2 aliphatic heterocycles. The van der Waals surface area contributed by atoms with Crippen LogP contribution < -0.4 is 5.32 Å². The van der Waals surface area contributed by atoms with Gasteiger partial charge in [-0.15, -0.1) is 0 Å². The second-order valence-corrected chi connectivity index (χ2v) is 5.79. The Labute approximate surface area is 111 Å². The van der Waals surface area contributed by atoms with Crippen LogP contribution in [-0.2, 0) is 4.79 Å². The van der Waals surface area contributed by atoms with Crippen molar-refractivity contribution in [2.24, 2.45) is 5.92 Å². The van der Waals surface area contributed by atoms with Crippen LogP contribution in [0, 0.1) is 5.92 Å². The highest BCUT2D eigenvalue weighted by Gasteiger charge is 2.26. The lowest BCUT2D eigenvalue weighted by atomic mass is 9.95. The van der Waals surface area contributed by atoms with Crippen molar-refractivity contribution in [3.63, 3.8) is 0 Å². The lowest BCUT2D eigenvalue weighted by Gasteiger charge is -2.33. The smallest absolute Gasteiger partial charge is 0.223 e. The van der Waals surface area contributed by atoms with E-state index >= 15 is 0 Å². The van der Waals surface area contributed by atoms with Gasteiger partial charge < -0.3 is 15.1 Å². The van der Waals surface area contributed by atoms with Crippen molar-refractivity contribution in [3.8, 4) is 0 Å². The largest absolute Gasteiger partial charge is 0.353 e. The molecule has 1 amide bonds. The average molecular weight is 253 g/mol. The Hall–Kier alpha value is -0.610. The van der Waals surface area contributed by atoms with Crippen LogP contribution in [0.4, 0.5) is 0 Å². The first-order chi connectivity index (χ1) is 8.69. The van der Waals surface area contributed by atoms with E-state index in [2.05, 4.69) is 29.1 Å². The quantitative estimate of drug-likeness (QED) is 0.813. The third kappa shape index (κ3) is 3.69. The van der Waals surface area contributed by atoms with E-state index in [1.54, 1.807) is 0 Å². The number of rotatable bonds is 3. The van der Waals surface area contributed by atoms with Gasteiger partial charge in [0.25, 0.3) is 0 Å². The van der Waals surface area contributed by atoms with Gasteiger partial charge >= 0.3 is 0 Å². The molecule has 4 nitrogen and oxygen atoms in total. The predicted octanol–water partition coefficient (Wildman–Crippen LogP) is 0.929. The van der Waals surface area contributed by atoms with Gasteiger partial charge in [-0.1, -0.05) is 6.92 Å². The number of amides is 1. The molecule has 2 aliphatic rings. The number of nitrogens with one attached hydrogen (secondary N) is 1. The van der Waals surface area contributed by atoms with Gasteiger partial charge in [-0.2, -0.15) is 0 Å². The highest BCUT2D eigenvalue weighted by molar-refractivity contribution is 5.79. The summed E-state index contributed by atoms with van der Waals surface area (Å²) in [5.41, 5.74) is 0. The fourth-order valence-corrected chi connectivity index (χ4v) is 2.98. The summed E-state index contributed by atoms with van der Waals surface area (Å²) in [4.78, 5) is 17.0. The Morgan fingerprint density at radius 1 is 1.11 bits per heavy atom. The SMILES string of the molecule is CCN1CCC(C(=O)NC2CCN(C)CC2)CC1. The number of carbonyl (C=O) groups is 1. The fourth-order valence-electron chi connectivity index (χ4n) is 2.98. The number of piperidine rings is 2. The molecular formula is C14H27N3O. The fraction of sp³-hybridized carbons (Fsp3) is 0.929. The molecule has 2 fully saturated rings. The summed E-state index contributed by atoms with van der Waals surface area (Å²) in [5, 5.41) is 3.26. The maximum Gasteiger partial charge on any atom is 0.223 e. The van der Waals surface area contributed by atoms with Crippen molar-refractivity contribution in [3.05, 3.63) is 0 Å². The number of carbonyl (C=O) groups excluding carboxylic acids is 1. The molecule has 0 atom stereocenters. The third-order valence-corrected chi connectivity index (χ3v) is 4.47. The maximum absolute atomic E-state index is 12.2. The number of likely N-dealkylation sites (tertiary alicyclic amines) is 2. The first kappa shape index (κ1) is 13.8. The lowest BCUT2D eigenvalue weighted by molar-refractivity contribution is -0.127. The van der Waals surface area contributed by atoms with E-state index in [-0.39, 0.29) is 5.92 Å². The lowest BCUT2D eigenvalue weighted by Crippen LogP contribution is -2.47. The van der Waals surface area contributed by atoms with E-state index in [0.29, 0.717) is 11.9 Å². The molecule has 0 bridgehead atoms. The Morgan fingerprint density at radius 2 is 1.72 bits per heavy atom. The van der Waals surface area contributed by atoms with Gasteiger partial charge in [0, 0.05) is 12.0 Å². The van der Waals surface area contributed by atoms with Crippen LogP contribution in [0.5, 0.6) is 0 Å². The average Bonchev–Trinajstić information content (AvgIpc) is 2.41. The number of nitrogens with zero attached hydrogens (tertiary/aromatic N) is 2. The summed E-state index contributed by atoms with van der Waals surface area (Å²) in [6.07, 6.45) is 4.28. The molecule has 0 spiro atoms. The highest BCUT2D eigenvalue weighted by atomic mass is 16.1. The normalized spacial score (nSPS) is 25.2. The van der Waals surface area contributed by atoms with Crippen molar-refractivity contribution in [2.45, 2.75) is 38.6 Å². The van der Waals surface area contributed by atoms with Crippen LogP contribution in [0.2, 0.25) is 0 Å². The van der Waals surface area contributed by atoms with Crippen LogP contribution in [0.15, 0.2) is 0 Å². The van der Waals surface area contributed by atoms with Crippen LogP contribution in [0.3, 0.4) is 0 Å². The van der Waals surface area contributed by atoms with Gasteiger partial charge in [-0.3, -0.25) is 4.79 Å². The minimum absolute atomic E-state index is 0.257. The zero-order valence-corrected chi connectivity index (χ0v) is 11.8. The second kappa shape index (κ2) is 6.53. The van der Waals surface area contributed by atoms with Crippen molar-refractivity contribution >= 4 is 5.91 Å². The standard InChI is InChI=1S/C14H27N3O/c1-3-17-10-4-12(5-11-17)14(18)15-13-6-8-16(2)9-7-13/h12-13H,3-11H2,1-2H3,(H,15,18). The maximum atomic E-state index is 12.2. The van der Waals surface area contributed by atoms with E-state index < -0.39 is 0 Å². The number of hydrogen-bond donors (Lipinski definition) is 1. The van der Waals surface area contributed by atoms with Gasteiger partial charge in [0.15, 0.2) is 0 Å². The molecule has 0 aromatic rings. The summed E-state index contributed by atoms with van der Waals surface area (Å²) in [6.45, 7) is 7.70. The molecular weight excluding hydrogens is 226 g/mol. The van der Waals surface area contributed by atoms with E-state index in [1.807, 2.05) is 0 Å². The Bertz CT molecular complexity index is 266. The second-order valence-electron chi connectivity index (χ2n) is 5.79. The van der Waals surface area contributed by atoms with E-state index in [4.69, 9.17) is 0 Å². The molecule has 104 valence electrons. The Morgan fingerprint density at radius 3 is 2.28 bits per heavy atom. The zero-order chi connectivity index (χ0) is 13.0. The minimum atomic E-state index is 0.257.